The zero-order valence-corrected chi connectivity index (χ0v) is 38.1. The van der Waals surface area contributed by atoms with Crippen LogP contribution in [0, 0.1) is 27.7 Å². The Balaban J connectivity index is 0.000000144. The van der Waals surface area contributed by atoms with Gasteiger partial charge in [-0.1, -0.05) is 180 Å². The highest BCUT2D eigenvalue weighted by atomic mass is 35.5. The van der Waals surface area contributed by atoms with Gasteiger partial charge in [0.1, 0.15) is 0 Å². The summed E-state index contributed by atoms with van der Waals surface area (Å²) in [5, 5.41) is 4.39. The van der Waals surface area contributed by atoms with E-state index in [-0.39, 0.29) is 0 Å². The quantitative estimate of drug-likeness (QED) is 0.155. The van der Waals surface area contributed by atoms with E-state index >= 15 is 0 Å². The number of rotatable bonds is 7. The fourth-order valence-corrected chi connectivity index (χ4v) is 8.88. The largest absolute Gasteiger partial charge is 0.312 e. The molecule has 0 unspecified atom stereocenters. The second kappa shape index (κ2) is 19.7. The third kappa shape index (κ3) is 9.19. The molecule has 0 fully saturated rings. The highest BCUT2D eigenvalue weighted by molar-refractivity contribution is 6.43. The van der Waals surface area contributed by atoms with Crippen molar-refractivity contribution in [3.05, 3.63) is 255 Å². The van der Waals surface area contributed by atoms with Crippen LogP contribution in [0.25, 0.3) is 33.2 Å². The van der Waals surface area contributed by atoms with E-state index in [2.05, 4.69) is 212 Å². The molecule has 0 radical (unpaired) electrons. The Kier molecular flexibility index (Phi) is 13.5. The Morgan fingerprint density at radius 1 is 0.381 bits per heavy atom. The van der Waals surface area contributed by atoms with Crippen molar-refractivity contribution in [1.82, 2.24) is 9.13 Å². The van der Waals surface area contributed by atoms with Gasteiger partial charge in [-0.2, -0.15) is 0 Å². The summed E-state index contributed by atoms with van der Waals surface area (Å²) in [6.07, 6.45) is 1.03. The van der Waals surface area contributed by atoms with Crippen LogP contribution >= 0.6 is 34.8 Å². The summed E-state index contributed by atoms with van der Waals surface area (Å²) in [4.78, 5) is 2.21. The van der Waals surface area contributed by atoms with E-state index in [1.54, 1.807) is 6.07 Å². The fraction of sp³-hybridized carbons (Fsp3) is 0.0877. The van der Waals surface area contributed by atoms with Crippen molar-refractivity contribution in [3.63, 3.8) is 0 Å². The van der Waals surface area contributed by atoms with E-state index in [9.17, 15) is 0 Å². The van der Waals surface area contributed by atoms with Gasteiger partial charge in [0.25, 0.3) is 0 Å². The molecule has 0 atom stereocenters. The maximum atomic E-state index is 7.16. The molecule has 63 heavy (non-hydrogen) atoms. The van der Waals surface area contributed by atoms with E-state index in [4.69, 9.17) is 34.8 Å². The van der Waals surface area contributed by atoms with Gasteiger partial charge in [0.2, 0.25) is 0 Å². The molecule has 312 valence electrons. The Morgan fingerprint density at radius 2 is 0.762 bits per heavy atom. The first-order valence-electron chi connectivity index (χ1n) is 21.1. The average Bonchev–Trinajstić information content (AvgIpc) is 3.73. The van der Waals surface area contributed by atoms with Crippen molar-refractivity contribution in [2.75, 3.05) is 4.90 Å². The molecule has 0 saturated heterocycles. The van der Waals surface area contributed by atoms with E-state index in [0.29, 0.717) is 10.0 Å². The molecule has 0 spiro atoms. The van der Waals surface area contributed by atoms with Gasteiger partial charge in [0.05, 0.1) is 43.2 Å². The zero-order valence-electron chi connectivity index (χ0n) is 35.8. The molecule has 6 heteroatoms. The number of halogens is 3. The minimum Gasteiger partial charge on any atom is -0.312 e. The Bertz CT molecular complexity index is 3020. The average molecular weight is 881 g/mol. The van der Waals surface area contributed by atoms with Gasteiger partial charge in [0.15, 0.2) is 0 Å². The topological polar surface area (TPSA) is 13.1 Å². The first-order valence-corrected chi connectivity index (χ1v) is 22.2. The molecule has 10 rings (SSSR count). The molecule has 2 heterocycles. The lowest BCUT2D eigenvalue weighted by Gasteiger charge is -2.27. The summed E-state index contributed by atoms with van der Waals surface area (Å²) in [5.74, 6) is 0. The predicted octanol–water partition coefficient (Wildman–Crippen LogP) is 17.2. The highest BCUT2D eigenvalue weighted by Crippen LogP contribution is 2.42. The minimum absolute atomic E-state index is 0.578. The molecule has 0 N–H and O–H groups in total. The first-order chi connectivity index (χ1) is 30.7. The predicted molar refractivity (Wildman–Crippen MR) is 271 cm³/mol. The molecule has 0 saturated carbocycles. The van der Waals surface area contributed by atoms with Crippen LogP contribution in [-0.2, 0) is 6.42 Å². The van der Waals surface area contributed by atoms with Crippen molar-refractivity contribution >= 4 is 73.7 Å². The van der Waals surface area contributed by atoms with Gasteiger partial charge in [0, 0.05) is 33.5 Å². The van der Waals surface area contributed by atoms with E-state index in [0.717, 1.165) is 45.4 Å². The molecule has 10 aromatic rings. The molecule has 0 aliphatic rings. The smallest absolute Gasteiger partial charge is 0.0886 e. The summed E-state index contributed by atoms with van der Waals surface area (Å²) >= 11 is 19.6. The van der Waals surface area contributed by atoms with Crippen LogP contribution in [0.4, 0.5) is 17.1 Å². The van der Waals surface area contributed by atoms with Crippen LogP contribution in [-0.4, -0.2) is 9.13 Å². The first kappa shape index (κ1) is 43.2. The minimum atomic E-state index is 0.578. The SMILES string of the molecule is Cc1c(C)n(-c2cccc(Cl)c2Cl)c2ccccc12.Cc1c(C)n(-c2cccc(N(c3ccccc3)c3ccccc3)c2Cl)c2ccccc12.c1ccc(Cc2ccccc2)cc1. The molecule has 0 amide bonds. The number of aromatic nitrogens is 2. The van der Waals surface area contributed by atoms with Gasteiger partial charge in [-0.3, -0.25) is 0 Å². The number of hydrogen-bond acceptors (Lipinski definition) is 1. The second-order valence-electron chi connectivity index (χ2n) is 15.5. The van der Waals surface area contributed by atoms with Gasteiger partial charge in [-0.05, 0) is 117 Å². The van der Waals surface area contributed by atoms with Gasteiger partial charge in [-0.15, -0.1) is 0 Å². The summed E-state index contributed by atoms with van der Waals surface area (Å²) in [6, 6.07) is 70.6. The number of hydrogen-bond donors (Lipinski definition) is 0. The molecular weight excluding hydrogens is 833 g/mol. The molecule has 0 aliphatic carbocycles. The van der Waals surface area contributed by atoms with Crippen LogP contribution in [0.15, 0.2) is 206 Å². The lowest BCUT2D eigenvalue weighted by atomic mass is 10.1. The van der Waals surface area contributed by atoms with E-state index in [1.807, 2.05) is 30.3 Å². The molecule has 0 aliphatic heterocycles. The molecule has 8 aromatic carbocycles. The highest BCUT2D eigenvalue weighted by Gasteiger charge is 2.21. The number of anilines is 3. The lowest BCUT2D eigenvalue weighted by molar-refractivity contribution is 1.04. The third-order valence-electron chi connectivity index (χ3n) is 11.6. The summed E-state index contributed by atoms with van der Waals surface area (Å²) in [6.45, 7) is 8.57. The van der Waals surface area contributed by atoms with Crippen LogP contribution in [0.3, 0.4) is 0 Å². The Labute approximate surface area is 386 Å². The van der Waals surface area contributed by atoms with Crippen LogP contribution in [0.1, 0.15) is 33.6 Å². The maximum Gasteiger partial charge on any atom is 0.0886 e. The molecular formula is C57H48Cl3N3. The van der Waals surface area contributed by atoms with Gasteiger partial charge in [-0.25, -0.2) is 0 Å². The Hall–Kier alpha value is -6.49. The van der Waals surface area contributed by atoms with Crippen molar-refractivity contribution in [3.8, 4) is 11.4 Å². The normalized spacial score (nSPS) is 10.8. The molecule has 0 bridgehead atoms. The van der Waals surface area contributed by atoms with Gasteiger partial charge < -0.3 is 14.0 Å². The number of para-hydroxylation sites is 4. The van der Waals surface area contributed by atoms with Crippen LogP contribution < -0.4 is 4.90 Å². The van der Waals surface area contributed by atoms with Crippen molar-refractivity contribution in [2.45, 2.75) is 34.1 Å². The van der Waals surface area contributed by atoms with Crippen molar-refractivity contribution in [1.29, 1.82) is 0 Å². The number of fused-ring (bicyclic) bond motifs is 2. The van der Waals surface area contributed by atoms with Crippen molar-refractivity contribution < 1.29 is 0 Å². The third-order valence-corrected chi connectivity index (χ3v) is 12.8. The van der Waals surface area contributed by atoms with Gasteiger partial charge >= 0.3 is 0 Å². The maximum absolute atomic E-state index is 7.16. The lowest BCUT2D eigenvalue weighted by Crippen LogP contribution is -2.11. The summed E-state index contributed by atoms with van der Waals surface area (Å²) in [5.41, 5.74) is 15.0. The van der Waals surface area contributed by atoms with Crippen LogP contribution in [0.2, 0.25) is 15.1 Å². The standard InChI is InChI=1S/C28H23ClN2.C16H13Cl2N.C13H12/c1-20-21(2)30(25-17-10-9-16-24(20)25)26-18-11-19-27(28(26)29)31(22-12-5-3-6-13-22)23-14-7-4-8-15-23;1-10-11(2)19(14-8-4-3-6-12(10)14)15-9-5-7-13(17)16(15)18;1-3-7-12(8-4-1)11-13-9-5-2-6-10-13/h3-19H,1-2H3;3-9H,1-2H3;1-10H,11H2. The number of benzene rings is 8. The summed E-state index contributed by atoms with van der Waals surface area (Å²) in [7, 11) is 0. The molecule has 2 aromatic heterocycles. The van der Waals surface area contributed by atoms with E-state index in [1.165, 1.54) is 49.9 Å². The Morgan fingerprint density at radius 3 is 1.22 bits per heavy atom. The molecule has 3 nitrogen and oxygen atoms in total. The number of aryl methyl sites for hydroxylation is 2. The zero-order chi connectivity index (χ0) is 43.9. The monoisotopic (exact) mass is 879 g/mol. The fourth-order valence-electron chi connectivity index (χ4n) is 8.21. The summed E-state index contributed by atoms with van der Waals surface area (Å²) < 4.78 is 4.43. The van der Waals surface area contributed by atoms with Crippen LogP contribution in [0.5, 0.6) is 0 Å². The van der Waals surface area contributed by atoms with Crippen molar-refractivity contribution in [2.24, 2.45) is 0 Å². The number of nitrogens with zero attached hydrogens (tertiary/aromatic N) is 3. The van der Waals surface area contributed by atoms with E-state index < -0.39 is 0 Å². The second-order valence-corrected chi connectivity index (χ2v) is 16.6.